The van der Waals surface area contributed by atoms with Gasteiger partial charge in [-0.05, 0) is 43.0 Å². The Hall–Kier alpha value is -2.73. The number of ether oxygens (including phenoxy) is 2. The number of nitrogens with one attached hydrogen (secondary N) is 2. The fourth-order valence-corrected chi connectivity index (χ4v) is 2.65. The Balaban J connectivity index is 1.76. The molecule has 2 rings (SSSR count). The molecule has 0 aliphatic carbocycles. The number of aryl methyl sites for hydroxylation is 1. The number of benzene rings is 2. The summed E-state index contributed by atoms with van der Waals surface area (Å²) in [5.74, 6) is 1.25. The average Bonchev–Trinajstić information content (AvgIpc) is 2.70. The van der Waals surface area contributed by atoms with Crippen molar-refractivity contribution in [1.82, 2.24) is 10.6 Å². The summed E-state index contributed by atoms with van der Waals surface area (Å²) in [7, 11) is 3.15. The van der Waals surface area contributed by atoms with E-state index in [9.17, 15) is 9.90 Å². The zero-order chi connectivity index (χ0) is 19.7. The minimum Gasteiger partial charge on any atom is -0.493 e. The van der Waals surface area contributed by atoms with Gasteiger partial charge in [0.1, 0.15) is 0 Å². The second-order valence-electron chi connectivity index (χ2n) is 6.71. The zero-order valence-electron chi connectivity index (χ0n) is 16.1. The SMILES string of the molecule is COc1ccc(CNC(=O)NCC(C)(O)CCc2ccccc2)cc1OC. The molecule has 0 aliphatic heterocycles. The van der Waals surface area contributed by atoms with Crippen LogP contribution in [0.3, 0.4) is 0 Å². The molecule has 0 heterocycles. The quantitative estimate of drug-likeness (QED) is 0.632. The molecule has 2 aromatic rings. The predicted molar refractivity (Wildman–Crippen MR) is 105 cm³/mol. The van der Waals surface area contributed by atoms with Crippen LogP contribution >= 0.6 is 0 Å². The third-order valence-corrected chi connectivity index (χ3v) is 4.33. The van der Waals surface area contributed by atoms with Crippen molar-refractivity contribution in [3.63, 3.8) is 0 Å². The van der Waals surface area contributed by atoms with Gasteiger partial charge in [0, 0.05) is 13.1 Å². The van der Waals surface area contributed by atoms with Gasteiger partial charge in [0.25, 0.3) is 0 Å². The van der Waals surface area contributed by atoms with Gasteiger partial charge in [-0.3, -0.25) is 0 Å². The van der Waals surface area contributed by atoms with Crippen LogP contribution in [0.25, 0.3) is 0 Å². The van der Waals surface area contributed by atoms with E-state index in [0.717, 1.165) is 17.5 Å². The van der Waals surface area contributed by atoms with Crippen molar-refractivity contribution in [2.75, 3.05) is 20.8 Å². The number of carbonyl (C=O) groups is 1. The van der Waals surface area contributed by atoms with Gasteiger partial charge in [0.15, 0.2) is 11.5 Å². The zero-order valence-corrected chi connectivity index (χ0v) is 16.1. The van der Waals surface area contributed by atoms with Gasteiger partial charge >= 0.3 is 6.03 Å². The number of methoxy groups -OCH3 is 2. The van der Waals surface area contributed by atoms with E-state index in [1.165, 1.54) is 0 Å². The molecular weight excluding hydrogens is 344 g/mol. The van der Waals surface area contributed by atoms with Gasteiger partial charge in [-0.1, -0.05) is 36.4 Å². The second kappa shape index (κ2) is 9.83. The molecule has 27 heavy (non-hydrogen) atoms. The van der Waals surface area contributed by atoms with Crippen LogP contribution in [-0.4, -0.2) is 37.5 Å². The highest BCUT2D eigenvalue weighted by molar-refractivity contribution is 5.73. The van der Waals surface area contributed by atoms with Crippen LogP contribution < -0.4 is 20.1 Å². The lowest BCUT2D eigenvalue weighted by Crippen LogP contribution is -2.44. The first-order valence-corrected chi connectivity index (χ1v) is 8.92. The number of aliphatic hydroxyl groups is 1. The minimum absolute atomic E-state index is 0.178. The lowest BCUT2D eigenvalue weighted by Gasteiger charge is -2.24. The van der Waals surface area contributed by atoms with Gasteiger partial charge in [0.2, 0.25) is 0 Å². The third kappa shape index (κ3) is 6.83. The van der Waals surface area contributed by atoms with Crippen LogP contribution in [-0.2, 0) is 13.0 Å². The molecule has 2 aromatic carbocycles. The van der Waals surface area contributed by atoms with Crippen molar-refractivity contribution in [3.05, 3.63) is 59.7 Å². The smallest absolute Gasteiger partial charge is 0.315 e. The normalized spacial score (nSPS) is 12.7. The predicted octanol–water partition coefficient (Wildman–Crippen LogP) is 2.89. The van der Waals surface area contributed by atoms with Gasteiger partial charge < -0.3 is 25.2 Å². The van der Waals surface area contributed by atoms with Gasteiger partial charge in [-0.2, -0.15) is 0 Å². The van der Waals surface area contributed by atoms with E-state index in [-0.39, 0.29) is 12.6 Å². The maximum atomic E-state index is 12.0. The minimum atomic E-state index is -0.976. The number of hydrogen-bond acceptors (Lipinski definition) is 4. The number of rotatable bonds is 9. The van der Waals surface area contributed by atoms with E-state index in [4.69, 9.17) is 9.47 Å². The average molecular weight is 372 g/mol. The first-order chi connectivity index (χ1) is 12.9. The van der Waals surface area contributed by atoms with Crippen LogP contribution in [0, 0.1) is 0 Å². The highest BCUT2D eigenvalue weighted by atomic mass is 16.5. The van der Waals surface area contributed by atoms with Crippen LogP contribution in [0.1, 0.15) is 24.5 Å². The Morgan fingerprint density at radius 2 is 1.70 bits per heavy atom. The first kappa shape index (κ1) is 20.6. The number of amides is 2. The van der Waals surface area contributed by atoms with Crippen molar-refractivity contribution < 1.29 is 19.4 Å². The van der Waals surface area contributed by atoms with Crippen molar-refractivity contribution in [1.29, 1.82) is 0 Å². The molecule has 1 atom stereocenters. The third-order valence-electron chi connectivity index (χ3n) is 4.33. The summed E-state index contributed by atoms with van der Waals surface area (Å²) in [6, 6.07) is 15.1. The van der Waals surface area contributed by atoms with Crippen LogP contribution in [0.5, 0.6) is 11.5 Å². The molecule has 0 aromatic heterocycles. The van der Waals surface area contributed by atoms with E-state index in [1.807, 2.05) is 42.5 Å². The van der Waals surface area contributed by atoms with Gasteiger partial charge in [-0.25, -0.2) is 4.79 Å². The molecule has 3 N–H and O–H groups in total. The van der Waals surface area contributed by atoms with E-state index < -0.39 is 5.60 Å². The van der Waals surface area contributed by atoms with Gasteiger partial charge in [0.05, 0.1) is 19.8 Å². The van der Waals surface area contributed by atoms with Gasteiger partial charge in [-0.15, -0.1) is 0 Å². The molecule has 1 unspecified atom stereocenters. The largest absolute Gasteiger partial charge is 0.493 e. The summed E-state index contributed by atoms with van der Waals surface area (Å²) >= 11 is 0. The fraction of sp³-hybridized carbons (Fsp3) is 0.381. The molecule has 0 fully saturated rings. The molecule has 6 heteroatoms. The number of hydrogen-bond donors (Lipinski definition) is 3. The molecule has 0 bridgehead atoms. The Labute approximate surface area is 160 Å². The standard InChI is InChI=1S/C21H28N2O4/c1-21(25,12-11-16-7-5-4-6-8-16)15-23-20(24)22-14-17-9-10-18(26-2)19(13-17)27-3/h4-10,13,25H,11-12,14-15H2,1-3H3,(H2,22,23,24). The Kier molecular flexibility index (Phi) is 7.49. The summed E-state index contributed by atoms with van der Waals surface area (Å²) in [6.07, 6.45) is 1.32. The fourth-order valence-electron chi connectivity index (χ4n) is 2.65. The summed E-state index contributed by atoms with van der Waals surface area (Å²) in [5.41, 5.74) is 1.07. The lowest BCUT2D eigenvalue weighted by atomic mass is 9.97. The summed E-state index contributed by atoms with van der Waals surface area (Å²) < 4.78 is 10.4. The molecule has 6 nitrogen and oxygen atoms in total. The van der Waals surface area contributed by atoms with Crippen LogP contribution in [0.15, 0.2) is 48.5 Å². The summed E-state index contributed by atoms with van der Waals surface area (Å²) in [6.45, 7) is 2.25. The highest BCUT2D eigenvalue weighted by Gasteiger charge is 2.21. The summed E-state index contributed by atoms with van der Waals surface area (Å²) in [4.78, 5) is 12.0. The Morgan fingerprint density at radius 1 is 1.00 bits per heavy atom. The van der Waals surface area contributed by atoms with Crippen molar-refractivity contribution in [3.8, 4) is 11.5 Å². The second-order valence-corrected chi connectivity index (χ2v) is 6.71. The monoisotopic (exact) mass is 372 g/mol. The Morgan fingerprint density at radius 3 is 2.37 bits per heavy atom. The molecule has 0 saturated heterocycles. The number of urea groups is 1. The van der Waals surface area contributed by atoms with Crippen molar-refractivity contribution in [2.45, 2.75) is 31.9 Å². The van der Waals surface area contributed by atoms with E-state index in [1.54, 1.807) is 27.2 Å². The topological polar surface area (TPSA) is 79.8 Å². The molecule has 0 radical (unpaired) electrons. The maximum absolute atomic E-state index is 12.0. The first-order valence-electron chi connectivity index (χ1n) is 8.92. The van der Waals surface area contributed by atoms with E-state index >= 15 is 0 Å². The maximum Gasteiger partial charge on any atom is 0.315 e. The molecule has 2 amide bonds. The van der Waals surface area contributed by atoms with Crippen LogP contribution in [0.2, 0.25) is 0 Å². The molecular formula is C21H28N2O4. The van der Waals surface area contributed by atoms with Crippen molar-refractivity contribution >= 4 is 6.03 Å². The van der Waals surface area contributed by atoms with E-state index in [0.29, 0.717) is 24.5 Å². The highest BCUT2D eigenvalue weighted by Crippen LogP contribution is 2.27. The van der Waals surface area contributed by atoms with Crippen molar-refractivity contribution in [2.24, 2.45) is 0 Å². The van der Waals surface area contributed by atoms with E-state index in [2.05, 4.69) is 10.6 Å². The summed E-state index contributed by atoms with van der Waals surface area (Å²) in [5, 5.41) is 16.0. The molecule has 0 saturated carbocycles. The Bertz CT molecular complexity index is 732. The molecule has 0 spiro atoms. The number of carbonyl (C=O) groups excluding carboxylic acids is 1. The molecule has 0 aliphatic rings. The lowest BCUT2D eigenvalue weighted by molar-refractivity contribution is 0.0534. The molecule has 146 valence electrons. The van der Waals surface area contributed by atoms with Crippen LogP contribution in [0.4, 0.5) is 4.79 Å².